The monoisotopic (exact) mass is 280 g/mol. The molecule has 1 aliphatic heterocycles. The van der Waals surface area contributed by atoms with Crippen molar-refractivity contribution in [2.24, 2.45) is 0 Å². The zero-order valence-corrected chi connectivity index (χ0v) is 11.6. The first-order chi connectivity index (χ1) is 10.4. The fourth-order valence-electron chi connectivity index (χ4n) is 2.84. The van der Waals surface area contributed by atoms with Gasteiger partial charge in [0.05, 0.1) is 19.8 Å². The number of benzene rings is 2. The molecule has 4 rings (SSSR count). The molecule has 1 fully saturated rings. The predicted molar refractivity (Wildman–Crippen MR) is 79.8 cm³/mol. The van der Waals surface area contributed by atoms with Gasteiger partial charge >= 0.3 is 0 Å². The Morgan fingerprint density at radius 3 is 2.57 bits per heavy atom. The van der Waals surface area contributed by atoms with Gasteiger partial charge < -0.3 is 9.47 Å². The minimum absolute atomic E-state index is 0.554. The Morgan fingerprint density at radius 2 is 1.81 bits per heavy atom. The van der Waals surface area contributed by atoms with E-state index in [-0.39, 0.29) is 0 Å². The van der Waals surface area contributed by atoms with Crippen LogP contribution in [0.4, 0.5) is 0 Å². The van der Waals surface area contributed by atoms with E-state index < -0.39 is 5.79 Å². The van der Waals surface area contributed by atoms with Gasteiger partial charge in [0.15, 0.2) is 0 Å². The van der Waals surface area contributed by atoms with E-state index in [1.54, 1.807) is 6.20 Å². The maximum atomic E-state index is 5.97. The van der Waals surface area contributed by atoms with Crippen LogP contribution >= 0.6 is 0 Å². The van der Waals surface area contributed by atoms with Gasteiger partial charge in [0, 0.05) is 18.0 Å². The average Bonchev–Trinajstić information content (AvgIpc) is 3.20. The Morgan fingerprint density at radius 1 is 1.00 bits per heavy atom. The first kappa shape index (κ1) is 12.6. The Labute approximate surface area is 122 Å². The Kier molecular flexibility index (Phi) is 2.98. The molecule has 0 bridgehead atoms. The van der Waals surface area contributed by atoms with Crippen LogP contribution in [0.3, 0.4) is 0 Å². The molecule has 4 nitrogen and oxygen atoms in total. The summed E-state index contributed by atoms with van der Waals surface area (Å²) in [5.41, 5.74) is 1.04. The van der Waals surface area contributed by atoms with Crippen molar-refractivity contribution >= 4 is 10.8 Å². The largest absolute Gasteiger partial charge is 0.342 e. The third kappa shape index (κ3) is 2.22. The standard InChI is InChI=1S/C17H16N2O2/c1-2-5-15-12-16(7-6-14(15)4-1)17(20-10-11-21-17)13-19-9-3-8-18-19/h1-9,12H,10-11,13H2. The molecule has 4 heteroatoms. The zero-order valence-electron chi connectivity index (χ0n) is 11.6. The molecule has 2 aromatic carbocycles. The summed E-state index contributed by atoms with van der Waals surface area (Å²) in [4.78, 5) is 0. The lowest BCUT2D eigenvalue weighted by molar-refractivity contribution is -0.177. The summed E-state index contributed by atoms with van der Waals surface area (Å²) in [7, 11) is 0. The average molecular weight is 280 g/mol. The van der Waals surface area contributed by atoms with E-state index in [1.165, 1.54) is 10.8 Å². The van der Waals surface area contributed by atoms with E-state index in [0.29, 0.717) is 19.8 Å². The summed E-state index contributed by atoms with van der Waals surface area (Å²) in [5, 5.41) is 6.67. The van der Waals surface area contributed by atoms with Gasteiger partial charge in [-0.25, -0.2) is 0 Å². The van der Waals surface area contributed by atoms with Gasteiger partial charge in [-0.2, -0.15) is 5.10 Å². The second-order valence-electron chi connectivity index (χ2n) is 5.22. The SMILES string of the molecule is c1ccc2cc(C3(Cn4cccn4)OCCO3)ccc2c1. The molecule has 0 saturated carbocycles. The van der Waals surface area contributed by atoms with Gasteiger partial charge in [-0.1, -0.05) is 36.4 Å². The van der Waals surface area contributed by atoms with E-state index in [1.807, 2.05) is 29.1 Å². The molecule has 0 atom stereocenters. The maximum Gasteiger partial charge on any atom is 0.215 e. The number of rotatable bonds is 3. The van der Waals surface area contributed by atoms with Gasteiger partial charge in [-0.3, -0.25) is 4.68 Å². The second-order valence-corrected chi connectivity index (χ2v) is 5.22. The number of hydrogen-bond acceptors (Lipinski definition) is 3. The first-order valence-electron chi connectivity index (χ1n) is 7.10. The van der Waals surface area contributed by atoms with E-state index in [4.69, 9.17) is 9.47 Å². The van der Waals surface area contributed by atoms with Gasteiger partial charge in [-0.15, -0.1) is 0 Å². The highest BCUT2D eigenvalue weighted by Crippen LogP contribution is 2.34. The van der Waals surface area contributed by atoms with Crippen LogP contribution in [-0.2, 0) is 21.8 Å². The van der Waals surface area contributed by atoms with E-state index in [0.717, 1.165) is 5.56 Å². The van der Waals surface area contributed by atoms with Crippen molar-refractivity contribution in [3.8, 4) is 0 Å². The Hall–Kier alpha value is -2.17. The van der Waals surface area contributed by atoms with Crippen molar-refractivity contribution in [3.63, 3.8) is 0 Å². The highest BCUT2D eigenvalue weighted by Gasteiger charge is 2.39. The molecule has 0 aliphatic carbocycles. The van der Waals surface area contributed by atoms with Crippen molar-refractivity contribution in [3.05, 3.63) is 66.5 Å². The molecule has 0 spiro atoms. The minimum atomic E-state index is -0.740. The molecule has 3 aromatic rings. The summed E-state index contributed by atoms with van der Waals surface area (Å²) in [5.74, 6) is -0.740. The molecule has 0 amide bonds. The van der Waals surface area contributed by atoms with Crippen LogP contribution in [0.25, 0.3) is 10.8 Å². The van der Waals surface area contributed by atoms with Crippen LogP contribution in [0.2, 0.25) is 0 Å². The van der Waals surface area contributed by atoms with Gasteiger partial charge in [-0.05, 0) is 22.9 Å². The molecule has 2 heterocycles. The van der Waals surface area contributed by atoms with Crippen LogP contribution in [-0.4, -0.2) is 23.0 Å². The van der Waals surface area contributed by atoms with Crippen molar-refractivity contribution in [1.82, 2.24) is 9.78 Å². The summed E-state index contributed by atoms with van der Waals surface area (Å²) < 4.78 is 13.8. The van der Waals surface area contributed by atoms with E-state index in [9.17, 15) is 0 Å². The summed E-state index contributed by atoms with van der Waals surface area (Å²) >= 11 is 0. The van der Waals surface area contributed by atoms with Crippen molar-refractivity contribution in [1.29, 1.82) is 0 Å². The molecule has 0 unspecified atom stereocenters. The van der Waals surface area contributed by atoms with E-state index in [2.05, 4.69) is 35.4 Å². The molecule has 1 aliphatic rings. The van der Waals surface area contributed by atoms with Crippen LogP contribution in [0, 0.1) is 0 Å². The number of aromatic nitrogens is 2. The Bertz CT molecular complexity index is 746. The zero-order chi connectivity index (χ0) is 14.1. The van der Waals surface area contributed by atoms with Crippen LogP contribution in [0.5, 0.6) is 0 Å². The second kappa shape index (κ2) is 4.98. The Balaban J connectivity index is 1.78. The smallest absolute Gasteiger partial charge is 0.215 e. The minimum Gasteiger partial charge on any atom is -0.342 e. The quantitative estimate of drug-likeness (QED) is 0.740. The molecular weight excluding hydrogens is 264 g/mol. The lowest BCUT2D eigenvalue weighted by Gasteiger charge is -2.28. The fraction of sp³-hybridized carbons (Fsp3) is 0.235. The van der Waals surface area contributed by atoms with E-state index >= 15 is 0 Å². The first-order valence-corrected chi connectivity index (χ1v) is 7.10. The summed E-state index contributed by atoms with van der Waals surface area (Å²) in [6.07, 6.45) is 3.69. The number of hydrogen-bond donors (Lipinski definition) is 0. The number of ether oxygens (including phenoxy) is 2. The molecule has 0 radical (unpaired) electrons. The molecule has 1 aromatic heterocycles. The molecular formula is C17H16N2O2. The third-order valence-corrected chi connectivity index (χ3v) is 3.87. The molecule has 0 N–H and O–H groups in total. The number of fused-ring (bicyclic) bond motifs is 1. The van der Waals surface area contributed by atoms with Crippen molar-refractivity contribution in [2.45, 2.75) is 12.3 Å². The third-order valence-electron chi connectivity index (χ3n) is 3.87. The number of nitrogens with zero attached hydrogens (tertiary/aromatic N) is 2. The van der Waals surface area contributed by atoms with Crippen LogP contribution in [0.15, 0.2) is 60.9 Å². The fourth-order valence-corrected chi connectivity index (χ4v) is 2.84. The maximum absolute atomic E-state index is 5.97. The molecule has 106 valence electrons. The lowest BCUT2D eigenvalue weighted by atomic mass is 10.0. The van der Waals surface area contributed by atoms with Crippen molar-refractivity contribution < 1.29 is 9.47 Å². The normalized spacial score (nSPS) is 17.3. The lowest BCUT2D eigenvalue weighted by Crippen LogP contribution is -2.33. The van der Waals surface area contributed by atoms with Gasteiger partial charge in [0.2, 0.25) is 5.79 Å². The highest BCUT2D eigenvalue weighted by atomic mass is 16.7. The molecule has 1 saturated heterocycles. The predicted octanol–water partition coefficient (Wildman–Crippen LogP) is 2.94. The highest BCUT2D eigenvalue weighted by molar-refractivity contribution is 5.83. The molecule has 21 heavy (non-hydrogen) atoms. The summed E-state index contributed by atoms with van der Waals surface area (Å²) in [6, 6.07) is 16.5. The van der Waals surface area contributed by atoms with Crippen LogP contribution in [0.1, 0.15) is 5.56 Å². The van der Waals surface area contributed by atoms with Crippen LogP contribution < -0.4 is 0 Å². The van der Waals surface area contributed by atoms with Gasteiger partial charge in [0.1, 0.15) is 0 Å². The van der Waals surface area contributed by atoms with Gasteiger partial charge in [0.25, 0.3) is 0 Å². The summed E-state index contributed by atoms with van der Waals surface area (Å²) in [6.45, 7) is 1.76. The topological polar surface area (TPSA) is 36.3 Å². The van der Waals surface area contributed by atoms with Crippen molar-refractivity contribution in [2.75, 3.05) is 13.2 Å².